The van der Waals surface area contributed by atoms with Crippen LogP contribution in [-0.2, 0) is 0 Å². The van der Waals surface area contributed by atoms with Crippen LogP contribution in [0.4, 0.5) is 10.1 Å². The molecule has 0 aliphatic heterocycles. The first kappa shape index (κ1) is 14.2. The third-order valence-electron chi connectivity index (χ3n) is 3.36. The molecule has 7 heteroatoms. The van der Waals surface area contributed by atoms with Gasteiger partial charge in [-0.25, -0.2) is 4.98 Å². The zero-order valence-electron chi connectivity index (χ0n) is 10.9. The summed E-state index contributed by atoms with van der Waals surface area (Å²) in [7, 11) is 0. The Morgan fingerprint density at radius 3 is 2.68 bits per heavy atom. The number of hydrogen-bond acceptors (Lipinski definition) is 6. The Morgan fingerprint density at radius 1 is 1.32 bits per heavy atom. The summed E-state index contributed by atoms with van der Waals surface area (Å²) in [6.07, 6.45) is 9.20. The van der Waals surface area contributed by atoms with Crippen LogP contribution in [0.15, 0.2) is 6.20 Å². The van der Waals surface area contributed by atoms with Crippen LogP contribution >= 0.6 is 11.3 Å². The summed E-state index contributed by atoms with van der Waals surface area (Å²) in [4.78, 5) is 14.1. The van der Waals surface area contributed by atoms with Crippen LogP contribution in [0.3, 0.4) is 0 Å². The Balaban J connectivity index is 1.64. The molecule has 2 N–H and O–H groups in total. The molecule has 1 aliphatic rings. The molecule has 19 heavy (non-hydrogen) atoms. The molecule has 1 aliphatic carbocycles. The van der Waals surface area contributed by atoms with Crippen LogP contribution < -0.4 is 10.6 Å². The Morgan fingerprint density at radius 2 is 2.05 bits per heavy atom. The molecule has 1 aromatic heterocycles. The van der Waals surface area contributed by atoms with Crippen molar-refractivity contribution in [3.8, 4) is 0 Å². The molecule has 0 aromatic carbocycles. The van der Waals surface area contributed by atoms with Gasteiger partial charge >= 0.3 is 5.00 Å². The van der Waals surface area contributed by atoms with E-state index in [-0.39, 0.29) is 5.00 Å². The maximum atomic E-state index is 10.5. The van der Waals surface area contributed by atoms with E-state index in [4.69, 9.17) is 0 Å². The molecule has 0 amide bonds. The second-order valence-corrected chi connectivity index (χ2v) is 5.84. The summed E-state index contributed by atoms with van der Waals surface area (Å²) in [5, 5.41) is 17.9. The van der Waals surface area contributed by atoms with Crippen LogP contribution in [0.25, 0.3) is 0 Å². The molecule has 0 spiro atoms. The maximum absolute atomic E-state index is 10.5. The molecule has 6 nitrogen and oxygen atoms in total. The number of aromatic nitrogens is 1. The topological polar surface area (TPSA) is 80.1 Å². The summed E-state index contributed by atoms with van der Waals surface area (Å²) < 4.78 is 0. The van der Waals surface area contributed by atoms with E-state index < -0.39 is 4.92 Å². The predicted octanol–water partition coefficient (Wildman–Crippen LogP) is 2.78. The van der Waals surface area contributed by atoms with Gasteiger partial charge in [-0.15, -0.1) is 0 Å². The summed E-state index contributed by atoms with van der Waals surface area (Å²) in [5.41, 5.74) is 0. The fourth-order valence-corrected chi connectivity index (χ4v) is 3.02. The number of rotatable bonds is 6. The van der Waals surface area contributed by atoms with E-state index in [2.05, 4.69) is 15.6 Å². The zero-order chi connectivity index (χ0) is 13.5. The minimum absolute atomic E-state index is 0.0826. The Labute approximate surface area is 116 Å². The van der Waals surface area contributed by atoms with Crippen LogP contribution in [0.2, 0.25) is 0 Å². The highest BCUT2D eigenvalue weighted by molar-refractivity contribution is 7.18. The van der Waals surface area contributed by atoms with E-state index in [0.29, 0.717) is 11.2 Å². The summed E-state index contributed by atoms with van der Waals surface area (Å²) in [6.45, 7) is 1.62. The fraction of sp³-hybridized carbons (Fsp3) is 0.750. The largest absolute Gasteiger partial charge is 0.360 e. The van der Waals surface area contributed by atoms with Crippen LogP contribution in [0.5, 0.6) is 0 Å². The standard InChI is InChI=1S/C12H20N4O2S/c17-16(18)11-9-15-12(19-11)14-8-7-13-10-5-3-1-2-4-6-10/h9-10,13H,1-8H2,(H,14,15). The molecular weight excluding hydrogens is 264 g/mol. The molecule has 1 heterocycles. The van der Waals surface area contributed by atoms with E-state index in [1.807, 2.05) is 0 Å². The smallest absolute Gasteiger partial charge is 0.345 e. The predicted molar refractivity (Wildman–Crippen MR) is 76.8 cm³/mol. The second kappa shape index (κ2) is 7.40. The highest BCUT2D eigenvalue weighted by Crippen LogP contribution is 2.24. The number of nitrogens with zero attached hydrogens (tertiary/aromatic N) is 2. The van der Waals surface area contributed by atoms with E-state index >= 15 is 0 Å². The lowest BCUT2D eigenvalue weighted by molar-refractivity contribution is -0.380. The van der Waals surface area contributed by atoms with Gasteiger partial charge in [-0.3, -0.25) is 10.1 Å². The number of nitro groups is 1. The quantitative estimate of drug-likeness (QED) is 0.363. The second-order valence-electron chi connectivity index (χ2n) is 4.83. The minimum atomic E-state index is -0.410. The molecule has 2 rings (SSSR count). The summed E-state index contributed by atoms with van der Waals surface area (Å²) >= 11 is 1.08. The van der Waals surface area contributed by atoms with Gasteiger partial charge in [0, 0.05) is 19.1 Å². The van der Waals surface area contributed by atoms with Gasteiger partial charge in [-0.2, -0.15) is 0 Å². The first-order valence-electron chi connectivity index (χ1n) is 6.83. The van der Waals surface area contributed by atoms with Gasteiger partial charge in [0.1, 0.15) is 6.20 Å². The van der Waals surface area contributed by atoms with Crippen LogP contribution in [0.1, 0.15) is 38.5 Å². The Hall–Kier alpha value is -1.21. The average molecular weight is 284 g/mol. The lowest BCUT2D eigenvalue weighted by Crippen LogP contribution is -2.32. The summed E-state index contributed by atoms with van der Waals surface area (Å²) in [6, 6.07) is 0.634. The number of thiazole rings is 1. The van der Waals surface area contributed by atoms with E-state index in [0.717, 1.165) is 24.4 Å². The lowest BCUT2D eigenvalue weighted by atomic mass is 10.1. The van der Waals surface area contributed by atoms with Crippen LogP contribution in [-0.4, -0.2) is 29.0 Å². The fourth-order valence-electron chi connectivity index (χ4n) is 2.36. The van der Waals surface area contributed by atoms with Crippen molar-refractivity contribution in [3.63, 3.8) is 0 Å². The van der Waals surface area contributed by atoms with Crippen molar-refractivity contribution < 1.29 is 4.92 Å². The van der Waals surface area contributed by atoms with Crippen molar-refractivity contribution in [2.45, 2.75) is 44.6 Å². The van der Waals surface area contributed by atoms with Crippen molar-refractivity contribution in [1.29, 1.82) is 0 Å². The molecule has 0 saturated heterocycles. The highest BCUT2D eigenvalue weighted by Gasteiger charge is 2.12. The van der Waals surface area contributed by atoms with E-state index in [1.165, 1.54) is 44.7 Å². The van der Waals surface area contributed by atoms with Crippen molar-refractivity contribution in [2.24, 2.45) is 0 Å². The monoisotopic (exact) mass is 284 g/mol. The van der Waals surface area contributed by atoms with Gasteiger partial charge in [0.2, 0.25) is 0 Å². The maximum Gasteiger partial charge on any atom is 0.345 e. The number of hydrogen-bond donors (Lipinski definition) is 2. The molecule has 106 valence electrons. The van der Waals surface area contributed by atoms with Gasteiger partial charge < -0.3 is 10.6 Å². The Bertz CT molecular complexity index is 402. The average Bonchev–Trinajstić information content (AvgIpc) is 2.72. The molecule has 0 atom stereocenters. The van der Waals surface area contributed by atoms with Crippen molar-refractivity contribution in [3.05, 3.63) is 16.3 Å². The molecule has 1 aromatic rings. The van der Waals surface area contributed by atoms with E-state index in [1.54, 1.807) is 0 Å². The first-order chi connectivity index (χ1) is 9.25. The van der Waals surface area contributed by atoms with Gasteiger partial charge in [-0.05, 0) is 24.2 Å². The van der Waals surface area contributed by atoms with Crippen molar-refractivity contribution in [2.75, 3.05) is 18.4 Å². The van der Waals surface area contributed by atoms with Crippen molar-refractivity contribution >= 4 is 21.5 Å². The third kappa shape index (κ3) is 4.76. The molecular formula is C12H20N4O2S. The minimum Gasteiger partial charge on any atom is -0.360 e. The Kier molecular flexibility index (Phi) is 5.53. The summed E-state index contributed by atoms with van der Waals surface area (Å²) in [5.74, 6) is 0. The number of anilines is 1. The first-order valence-corrected chi connectivity index (χ1v) is 7.65. The van der Waals surface area contributed by atoms with Gasteiger partial charge in [0.05, 0.1) is 4.92 Å². The third-order valence-corrected chi connectivity index (χ3v) is 4.27. The van der Waals surface area contributed by atoms with Gasteiger partial charge in [0.15, 0.2) is 5.13 Å². The highest BCUT2D eigenvalue weighted by atomic mass is 32.1. The lowest BCUT2D eigenvalue weighted by Gasteiger charge is -2.15. The molecule has 1 fully saturated rings. The van der Waals surface area contributed by atoms with E-state index in [9.17, 15) is 10.1 Å². The van der Waals surface area contributed by atoms with Crippen LogP contribution in [0, 0.1) is 10.1 Å². The molecule has 0 bridgehead atoms. The van der Waals surface area contributed by atoms with Gasteiger partial charge in [-0.1, -0.05) is 25.7 Å². The van der Waals surface area contributed by atoms with Crippen molar-refractivity contribution in [1.82, 2.24) is 10.3 Å². The molecule has 0 radical (unpaired) electrons. The molecule has 1 saturated carbocycles. The molecule has 0 unspecified atom stereocenters. The van der Waals surface area contributed by atoms with Gasteiger partial charge in [0.25, 0.3) is 0 Å². The SMILES string of the molecule is O=[N+]([O-])c1cnc(NCCNC2CCCCCC2)s1. The zero-order valence-corrected chi connectivity index (χ0v) is 11.7. The number of nitrogens with one attached hydrogen (secondary N) is 2. The normalized spacial score (nSPS) is 17.1.